The minimum Gasteiger partial charge on any atom is -0.115 e. The summed E-state index contributed by atoms with van der Waals surface area (Å²) < 4.78 is 0. The Labute approximate surface area is 190 Å². The van der Waals surface area contributed by atoms with Gasteiger partial charge in [-0.1, -0.05) is 103 Å². The van der Waals surface area contributed by atoms with Gasteiger partial charge in [0.05, 0.1) is 0 Å². The predicted octanol–water partition coefficient (Wildman–Crippen LogP) is 7.94. The highest BCUT2D eigenvalue weighted by Gasteiger charge is 2.12. The molecule has 0 unspecified atom stereocenters. The van der Waals surface area contributed by atoms with E-state index < -0.39 is 0 Å². The largest absolute Gasteiger partial charge is 0.115 e. The molecule has 0 fully saturated rings. The lowest BCUT2D eigenvalue weighted by molar-refractivity contribution is 0.970. The van der Waals surface area contributed by atoms with Crippen molar-refractivity contribution in [1.82, 2.24) is 0 Å². The van der Waals surface area contributed by atoms with Gasteiger partial charge >= 0.3 is 0 Å². The third-order valence-corrected chi connectivity index (χ3v) is 6.05. The zero-order valence-electron chi connectivity index (χ0n) is 18.0. The Morgan fingerprint density at radius 3 is 2.00 bits per heavy atom. The molecule has 5 aromatic rings. The Morgan fingerprint density at radius 1 is 0.562 bits per heavy atom. The summed E-state index contributed by atoms with van der Waals surface area (Å²) in [4.78, 5) is 0. The standard InChI is InChI=1S/C32H24/c1-2-24-16-19-26(20-17-24)30-22-28-14-9-15-31(27-12-7-4-8-13-27)32(28)29(23-30)21-18-25-10-5-3-6-11-25/h1,3-17,19-20,22-23H,18,21H2. The first-order valence-electron chi connectivity index (χ1n) is 11.0. The fourth-order valence-corrected chi connectivity index (χ4v) is 4.42. The minimum absolute atomic E-state index is 0.908. The van der Waals surface area contributed by atoms with E-state index in [-0.39, 0.29) is 0 Å². The van der Waals surface area contributed by atoms with Gasteiger partial charge in [0, 0.05) is 5.56 Å². The van der Waals surface area contributed by atoms with Gasteiger partial charge in [0.2, 0.25) is 0 Å². The molecule has 0 saturated heterocycles. The molecule has 0 nitrogen and oxygen atoms in total. The van der Waals surface area contributed by atoms with Gasteiger partial charge in [0.15, 0.2) is 0 Å². The zero-order chi connectivity index (χ0) is 21.8. The number of hydrogen-bond acceptors (Lipinski definition) is 0. The van der Waals surface area contributed by atoms with Crippen molar-refractivity contribution in [3.63, 3.8) is 0 Å². The quantitative estimate of drug-likeness (QED) is 0.259. The highest BCUT2D eigenvalue weighted by Crippen LogP contribution is 2.35. The van der Waals surface area contributed by atoms with E-state index in [0.29, 0.717) is 0 Å². The molecular formula is C32H24. The highest BCUT2D eigenvalue weighted by atomic mass is 14.2. The van der Waals surface area contributed by atoms with Crippen LogP contribution >= 0.6 is 0 Å². The van der Waals surface area contributed by atoms with Crippen LogP contribution in [0.15, 0.2) is 115 Å². The second-order valence-corrected chi connectivity index (χ2v) is 8.11. The number of rotatable bonds is 5. The van der Waals surface area contributed by atoms with Gasteiger partial charge in [-0.3, -0.25) is 0 Å². The third-order valence-electron chi connectivity index (χ3n) is 6.05. The normalized spacial score (nSPS) is 10.7. The van der Waals surface area contributed by atoms with Gasteiger partial charge in [-0.15, -0.1) is 6.42 Å². The number of hydrogen-bond donors (Lipinski definition) is 0. The molecule has 0 saturated carbocycles. The van der Waals surface area contributed by atoms with Crippen molar-refractivity contribution in [3.8, 4) is 34.6 Å². The highest BCUT2D eigenvalue weighted by molar-refractivity contribution is 6.01. The van der Waals surface area contributed by atoms with E-state index in [4.69, 9.17) is 6.42 Å². The van der Waals surface area contributed by atoms with Gasteiger partial charge in [-0.25, -0.2) is 0 Å². The Morgan fingerprint density at radius 2 is 1.28 bits per heavy atom. The summed E-state index contributed by atoms with van der Waals surface area (Å²) in [5.74, 6) is 2.71. The average Bonchev–Trinajstić information content (AvgIpc) is 2.88. The van der Waals surface area contributed by atoms with E-state index in [9.17, 15) is 0 Å². The average molecular weight is 409 g/mol. The van der Waals surface area contributed by atoms with Crippen molar-refractivity contribution < 1.29 is 0 Å². The summed E-state index contributed by atoms with van der Waals surface area (Å²) in [5, 5.41) is 2.62. The van der Waals surface area contributed by atoms with Gasteiger partial charge in [-0.05, 0) is 75.2 Å². The molecule has 0 aliphatic heterocycles. The molecule has 5 aromatic carbocycles. The minimum atomic E-state index is 0.908. The molecule has 0 bridgehead atoms. The van der Waals surface area contributed by atoms with Gasteiger partial charge in [0.1, 0.15) is 0 Å². The first-order valence-corrected chi connectivity index (χ1v) is 11.0. The molecular weight excluding hydrogens is 384 g/mol. The molecule has 0 amide bonds. The predicted molar refractivity (Wildman–Crippen MR) is 137 cm³/mol. The maximum atomic E-state index is 5.55. The van der Waals surface area contributed by atoms with Crippen molar-refractivity contribution in [2.24, 2.45) is 0 Å². The molecule has 0 N–H and O–H groups in total. The van der Waals surface area contributed by atoms with Crippen LogP contribution in [-0.2, 0) is 12.8 Å². The van der Waals surface area contributed by atoms with E-state index in [1.165, 1.54) is 44.2 Å². The summed E-state index contributed by atoms with van der Waals surface area (Å²) >= 11 is 0. The second-order valence-electron chi connectivity index (χ2n) is 8.11. The van der Waals surface area contributed by atoms with E-state index in [1.54, 1.807) is 0 Å². The van der Waals surface area contributed by atoms with Gasteiger partial charge in [-0.2, -0.15) is 0 Å². The molecule has 152 valence electrons. The number of benzene rings is 5. The SMILES string of the molecule is C#Cc1ccc(-c2cc(CCc3ccccc3)c3c(-c4ccccc4)cccc3c2)cc1. The van der Waals surface area contributed by atoms with Crippen molar-refractivity contribution in [2.75, 3.05) is 0 Å². The van der Waals surface area contributed by atoms with Crippen LogP contribution in [0.3, 0.4) is 0 Å². The van der Waals surface area contributed by atoms with Crippen molar-refractivity contribution >= 4 is 10.8 Å². The van der Waals surface area contributed by atoms with Crippen molar-refractivity contribution in [3.05, 3.63) is 132 Å². The summed E-state index contributed by atoms with van der Waals surface area (Å²) in [6, 6.07) is 41.0. The first kappa shape index (κ1) is 19.9. The van der Waals surface area contributed by atoms with Gasteiger partial charge in [0.25, 0.3) is 0 Å². The number of fused-ring (bicyclic) bond motifs is 1. The van der Waals surface area contributed by atoms with Crippen LogP contribution in [0.5, 0.6) is 0 Å². The monoisotopic (exact) mass is 408 g/mol. The van der Waals surface area contributed by atoms with Crippen LogP contribution < -0.4 is 0 Å². The number of aryl methyl sites for hydroxylation is 2. The van der Waals surface area contributed by atoms with Crippen LogP contribution in [-0.4, -0.2) is 0 Å². The molecule has 0 aromatic heterocycles. The fraction of sp³-hybridized carbons (Fsp3) is 0.0625. The fourth-order valence-electron chi connectivity index (χ4n) is 4.42. The first-order chi connectivity index (χ1) is 15.8. The van der Waals surface area contributed by atoms with E-state index in [1.807, 2.05) is 12.1 Å². The maximum Gasteiger partial charge on any atom is 0.0243 e. The topological polar surface area (TPSA) is 0 Å². The zero-order valence-corrected chi connectivity index (χ0v) is 18.0. The van der Waals surface area contributed by atoms with Crippen molar-refractivity contribution in [2.45, 2.75) is 12.8 Å². The van der Waals surface area contributed by atoms with Crippen molar-refractivity contribution in [1.29, 1.82) is 0 Å². The van der Waals surface area contributed by atoms with Gasteiger partial charge < -0.3 is 0 Å². The lowest BCUT2D eigenvalue weighted by Crippen LogP contribution is -1.96. The Hall–Kier alpha value is -4.08. The Kier molecular flexibility index (Phi) is 5.56. The summed E-state index contributed by atoms with van der Waals surface area (Å²) in [7, 11) is 0. The Bertz CT molecular complexity index is 1390. The van der Waals surface area contributed by atoms with Crippen LogP contribution in [0.25, 0.3) is 33.0 Å². The smallest absolute Gasteiger partial charge is 0.0243 e. The molecule has 0 aliphatic rings. The molecule has 0 heteroatoms. The maximum absolute atomic E-state index is 5.55. The summed E-state index contributed by atoms with van der Waals surface area (Å²) in [5.41, 5.74) is 8.62. The van der Waals surface area contributed by atoms with E-state index in [0.717, 1.165) is 18.4 Å². The summed E-state index contributed by atoms with van der Waals surface area (Å²) in [6.07, 6.45) is 7.55. The lowest BCUT2D eigenvalue weighted by Gasteiger charge is -2.15. The van der Waals surface area contributed by atoms with Crippen LogP contribution in [0.2, 0.25) is 0 Å². The van der Waals surface area contributed by atoms with Crippen LogP contribution in [0, 0.1) is 12.3 Å². The second kappa shape index (κ2) is 8.96. The molecule has 0 atom stereocenters. The van der Waals surface area contributed by atoms with E-state index in [2.05, 4.69) is 109 Å². The summed E-state index contributed by atoms with van der Waals surface area (Å²) in [6.45, 7) is 0. The molecule has 0 aliphatic carbocycles. The molecule has 0 heterocycles. The molecule has 5 rings (SSSR count). The molecule has 32 heavy (non-hydrogen) atoms. The van der Waals surface area contributed by atoms with E-state index >= 15 is 0 Å². The molecule has 0 radical (unpaired) electrons. The Balaban J connectivity index is 1.67. The van der Waals surface area contributed by atoms with Crippen LogP contribution in [0.4, 0.5) is 0 Å². The lowest BCUT2D eigenvalue weighted by atomic mass is 9.89. The third kappa shape index (κ3) is 4.07. The van der Waals surface area contributed by atoms with Crippen LogP contribution in [0.1, 0.15) is 16.7 Å². The molecule has 0 spiro atoms. The number of terminal acetylenes is 1.